The molecule has 0 aromatic heterocycles. The topological polar surface area (TPSA) is 82.1 Å². The van der Waals surface area contributed by atoms with Crippen molar-refractivity contribution in [1.82, 2.24) is 4.90 Å². The maximum Gasteiger partial charge on any atom is 0.306 e. The highest BCUT2D eigenvalue weighted by Gasteiger charge is 2.51. The average molecular weight is 712 g/mol. The summed E-state index contributed by atoms with van der Waals surface area (Å²) in [4.78, 5) is 40.8. The molecule has 1 aliphatic heterocycles. The summed E-state index contributed by atoms with van der Waals surface area (Å²) in [5, 5.41) is 0. The van der Waals surface area contributed by atoms with E-state index in [-0.39, 0.29) is 49.1 Å². The van der Waals surface area contributed by atoms with Crippen molar-refractivity contribution in [2.45, 2.75) is 167 Å². The van der Waals surface area contributed by atoms with E-state index in [1.807, 2.05) is 0 Å². The number of ether oxygens (including phenoxy) is 3. The predicted molar refractivity (Wildman–Crippen MR) is 205 cm³/mol. The summed E-state index contributed by atoms with van der Waals surface area (Å²) >= 11 is 0. The van der Waals surface area contributed by atoms with E-state index in [4.69, 9.17) is 14.2 Å². The minimum atomic E-state index is -0.351. The molecule has 0 spiro atoms. The molecule has 5 fully saturated rings. The smallest absolute Gasteiger partial charge is 0.306 e. The number of nitrogens with zero attached hydrogens (tertiary/aromatic N) is 1. The molecule has 1 unspecified atom stereocenters. The van der Waals surface area contributed by atoms with E-state index in [0.29, 0.717) is 19.3 Å². The van der Waals surface area contributed by atoms with Crippen molar-refractivity contribution < 1.29 is 28.6 Å². The van der Waals surface area contributed by atoms with Crippen LogP contribution in [0.3, 0.4) is 0 Å². The number of hydrogen-bond donors (Lipinski definition) is 0. The van der Waals surface area contributed by atoms with Gasteiger partial charge in [0.1, 0.15) is 19.8 Å². The van der Waals surface area contributed by atoms with Crippen LogP contribution in [0.15, 0.2) is 24.3 Å². The molecule has 1 saturated heterocycles. The van der Waals surface area contributed by atoms with Crippen molar-refractivity contribution in [3.05, 3.63) is 24.3 Å². The summed E-state index contributed by atoms with van der Waals surface area (Å²) in [5.41, 5.74) is 0.121. The van der Waals surface area contributed by atoms with Crippen LogP contribution >= 0.6 is 0 Å². The van der Waals surface area contributed by atoms with Crippen LogP contribution in [-0.4, -0.2) is 62.3 Å². The molecule has 7 heteroatoms. The third kappa shape index (κ3) is 17.0. The first-order valence-electron chi connectivity index (χ1n) is 21.4. The van der Waals surface area contributed by atoms with Crippen LogP contribution in [-0.2, 0) is 28.6 Å². The SMILES string of the molecule is CCCCC/C=C\C/C=C\CCCCCCCCC(=O)OCC(COC(=O)CCCN1CCCCC1)COC(=O)CC12CC3CC(CC(C3)C1)C2. The highest BCUT2D eigenvalue weighted by molar-refractivity contribution is 5.71. The van der Waals surface area contributed by atoms with Crippen LogP contribution in [0.1, 0.15) is 167 Å². The fraction of sp³-hybridized carbons (Fsp3) is 0.841. The Labute approximate surface area is 311 Å². The molecule has 1 atom stereocenters. The predicted octanol–water partition coefficient (Wildman–Crippen LogP) is 10.3. The lowest BCUT2D eigenvalue weighted by atomic mass is 9.49. The van der Waals surface area contributed by atoms with Gasteiger partial charge in [0.25, 0.3) is 0 Å². The van der Waals surface area contributed by atoms with Crippen molar-refractivity contribution in [2.75, 3.05) is 39.5 Å². The zero-order valence-electron chi connectivity index (χ0n) is 32.4. The molecule has 7 nitrogen and oxygen atoms in total. The summed E-state index contributed by atoms with van der Waals surface area (Å²) in [6.45, 7) is 5.72. The summed E-state index contributed by atoms with van der Waals surface area (Å²) in [6, 6.07) is 0. The number of allylic oxidation sites excluding steroid dienone is 4. The van der Waals surface area contributed by atoms with Gasteiger partial charge in [0.15, 0.2) is 0 Å². The average Bonchev–Trinajstić information content (AvgIpc) is 3.10. The standard InChI is InChI=1S/C44H73NO6/c1-2-3-4-5-6-7-8-9-10-11-12-13-14-15-16-18-22-41(46)49-34-40(35-50-42(47)23-21-26-45-24-19-17-20-25-45)36-51-43(48)33-44-30-37-27-38(31-44)29-39(28-37)32-44/h6-7,9-10,37-40H,2-5,8,11-36H2,1H3/b7-6-,10-9-. The molecule has 4 saturated carbocycles. The van der Waals surface area contributed by atoms with Gasteiger partial charge in [0.2, 0.25) is 0 Å². The highest BCUT2D eigenvalue weighted by atomic mass is 16.6. The maximum atomic E-state index is 13.1. The Morgan fingerprint density at radius 3 is 1.73 bits per heavy atom. The van der Waals surface area contributed by atoms with Gasteiger partial charge >= 0.3 is 17.9 Å². The van der Waals surface area contributed by atoms with Crippen LogP contribution in [0.25, 0.3) is 0 Å². The van der Waals surface area contributed by atoms with Gasteiger partial charge in [0.05, 0.1) is 12.3 Å². The number of rotatable bonds is 27. The van der Waals surface area contributed by atoms with E-state index in [1.54, 1.807) is 0 Å². The fourth-order valence-corrected chi connectivity index (χ4v) is 9.67. The zero-order valence-corrected chi connectivity index (χ0v) is 32.4. The Bertz CT molecular complexity index is 1030. The summed E-state index contributed by atoms with van der Waals surface area (Å²) in [5.74, 6) is 1.40. The van der Waals surface area contributed by atoms with Crippen molar-refractivity contribution in [3.63, 3.8) is 0 Å². The number of carbonyl (C=O) groups excluding carboxylic acids is 3. The minimum absolute atomic E-state index is 0.103. The lowest BCUT2D eigenvalue weighted by Gasteiger charge is -2.56. The first-order valence-corrected chi connectivity index (χ1v) is 21.4. The molecule has 0 amide bonds. The Balaban J connectivity index is 1.08. The van der Waals surface area contributed by atoms with Crippen LogP contribution in [0.5, 0.6) is 0 Å². The van der Waals surface area contributed by atoms with Crippen molar-refractivity contribution >= 4 is 17.9 Å². The molecular formula is C44H73NO6. The van der Waals surface area contributed by atoms with Crippen LogP contribution in [0, 0.1) is 29.1 Å². The van der Waals surface area contributed by atoms with E-state index < -0.39 is 0 Å². The molecule has 4 bridgehead atoms. The number of piperidine rings is 1. The summed E-state index contributed by atoms with van der Waals surface area (Å²) < 4.78 is 17.1. The number of esters is 3. The van der Waals surface area contributed by atoms with Crippen LogP contribution < -0.4 is 0 Å². The molecule has 0 aromatic carbocycles. The second-order valence-corrected chi connectivity index (χ2v) is 16.8. The minimum Gasteiger partial charge on any atom is -0.465 e. The van der Waals surface area contributed by atoms with Gasteiger partial charge in [-0.15, -0.1) is 0 Å². The van der Waals surface area contributed by atoms with Gasteiger partial charge in [-0.3, -0.25) is 14.4 Å². The third-order valence-electron chi connectivity index (χ3n) is 12.0. The molecule has 0 radical (unpaired) electrons. The van der Waals surface area contributed by atoms with Gasteiger partial charge in [-0.2, -0.15) is 0 Å². The largest absolute Gasteiger partial charge is 0.465 e. The quantitative estimate of drug-likeness (QED) is 0.0363. The maximum absolute atomic E-state index is 13.1. The monoisotopic (exact) mass is 712 g/mol. The Hall–Kier alpha value is -2.15. The highest BCUT2D eigenvalue weighted by Crippen LogP contribution is 2.61. The van der Waals surface area contributed by atoms with Gasteiger partial charge in [0, 0.05) is 12.8 Å². The van der Waals surface area contributed by atoms with E-state index in [9.17, 15) is 14.4 Å². The molecule has 5 aliphatic rings. The first kappa shape index (κ1) is 41.6. The number of carbonyl (C=O) groups is 3. The fourth-order valence-electron chi connectivity index (χ4n) is 9.67. The summed E-state index contributed by atoms with van der Waals surface area (Å²) in [7, 11) is 0. The Kier molecular flexibility index (Phi) is 19.8. The zero-order chi connectivity index (χ0) is 36.0. The van der Waals surface area contributed by atoms with Crippen LogP contribution in [0.4, 0.5) is 0 Å². The van der Waals surface area contributed by atoms with Gasteiger partial charge < -0.3 is 19.1 Å². The summed E-state index contributed by atoms with van der Waals surface area (Å²) in [6.07, 6.45) is 36.4. The Morgan fingerprint density at radius 2 is 1.14 bits per heavy atom. The van der Waals surface area contributed by atoms with Crippen molar-refractivity contribution in [2.24, 2.45) is 29.1 Å². The number of hydrogen-bond acceptors (Lipinski definition) is 7. The van der Waals surface area contributed by atoms with E-state index in [0.717, 1.165) is 75.9 Å². The molecule has 51 heavy (non-hydrogen) atoms. The number of unbranched alkanes of at least 4 members (excludes halogenated alkanes) is 9. The van der Waals surface area contributed by atoms with E-state index in [1.165, 1.54) is 103 Å². The van der Waals surface area contributed by atoms with E-state index in [2.05, 4.69) is 36.1 Å². The lowest BCUT2D eigenvalue weighted by Crippen LogP contribution is -2.47. The molecule has 0 N–H and O–H groups in total. The van der Waals surface area contributed by atoms with Crippen LogP contribution in [0.2, 0.25) is 0 Å². The van der Waals surface area contributed by atoms with Gasteiger partial charge in [-0.25, -0.2) is 0 Å². The second-order valence-electron chi connectivity index (χ2n) is 16.8. The van der Waals surface area contributed by atoms with Gasteiger partial charge in [-0.05, 0) is 139 Å². The molecule has 4 aliphatic carbocycles. The van der Waals surface area contributed by atoms with Gasteiger partial charge in [-0.1, -0.05) is 76.2 Å². The molecule has 5 rings (SSSR count). The van der Waals surface area contributed by atoms with E-state index >= 15 is 0 Å². The molecule has 0 aromatic rings. The number of likely N-dealkylation sites (tertiary alicyclic amines) is 1. The first-order chi connectivity index (χ1) is 24.9. The Morgan fingerprint density at radius 1 is 0.627 bits per heavy atom. The second kappa shape index (κ2) is 24.2. The molecule has 1 heterocycles. The van der Waals surface area contributed by atoms with Crippen molar-refractivity contribution in [3.8, 4) is 0 Å². The normalized spacial score (nSPS) is 25.1. The third-order valence-corrected chi connectivity index (χ3v) is 12.0. The van der Waals surface area contributed by atoms with Crippen molar-refractivity contribution in [1.29, 1.82) is 0 Å². The molecular weight excluding hydrogens is 638 g/mol. The lowest BCUT2D eigenvalue weighted by molar-refractivity contribution is -0.157. The molecule has 290 valence electrons.